The van der Waals surface area contributed by atoms with Crippen molar-refractivity contribution in [2.45, 2.75) is 29.3 Å². The number of amides is 1. The van der Waals surface area contributed by atoms with Crippen molar-refractivity contribution < 1.29 is 19.2 Å². The minimum Gasteiger partial charge on any atom is -0.456 e. The Kier molecular flexibility index (Phi) is 6.27. The van der Waals surface area contributed by atoms with Gasteiger partial charge in [0.2, 0.25) is 5.91 Å². The Morgan fingerprint density at radius 3 is 2.77 bits per heavy atom. The molecule has 0 saturated carbocycles. The second kappa shape index (κ2) is 8.94. The molecule has 1 amide bonds. The quantitative estimate of drug-likeness (QED) is 0.206. The molecule has 2 N–H and O–H groups in total. The van der Waals surface area contributed by atoms with Crippen LogP contribution in [0.5, 0.6) is 0 Å². The number of aromatic nitrogens is 2. The maximum Gasteiger partial charge on any atom is 0.355 e. The molecular weight excluding hydrogens is 462 g/mol. The van der Waals surface area contributed by atoms with Gasteiger partial charge in [-0.3, -0.25) is 19.8 Å². The molecule has 10 nitrogen and oxygen atoms in total. The van der Waals surface area contributed by atoms with Gasteiger partial charge in [-0.05, 0) is 30.2 Å². The smallest absolute Gasteiger partial charge is 0.355 e. The molecule has 0 aliphatic carbocycles. The number of aryl methyl sites for hydroxylation is 1. The van der Waals surface area contributed by atoms with Crippen molar-refractivity contribution in [3.05, 3.63) is 56.2 Å². The first-order chi connectivity index (χ1) is 14.8. The summed E-state index contributed by atoms with van der Waals surface area (Å²) in [4.78, 5) is 37.0. The zero-order chi connectivity index (χ0) is 22.1. The van der Waals surface area contributed by atoms with Gasteiger partial charge in [-0.1, -0.05) is 23.1 Å². The lowest BCUT2D eigenvalue weighted by Gasteiger charge is -2.48. The van der Waals surface area contributed by atoms with Crippen LogP contribution in [0.2, 0.25) is 0 Å². The number of rotatable bonds is 7. The third-order valence-corrected chi connectivity index (χ3v) is 8.10. The number of nitrogens with two attached hydrogens (primary N) is 1. The Hall–Kier alpha value is -2.48. The van der Waals surface area contributed by atoms with Gasteiger partial charge in [0.05, 0.1) is 4.92 Å². The summed E-state index contributed by atoms with van der Waals surface area (Å²) in [6, 6.07) is 5.11. The molecule has 162 valence electrons. The lowest BCUT2D eigenvalue weighted by Crippen LogP contribution is -2.68. The number of hydrogen-bond donors (Lipinski definition) is 1. The third-order valence-electron chi connectivity index (χ3n) is 4.68. The second-order valence-electron chi connectivity index (χ2n) is 6.76. The number of nitro benzene ring substituents is 1. The topological polar surface area (TPSA) is 142 Å². The van der Waals surface area contributed by atoms with E-state index in [1.54, 1.807) is 0 Å². The third kappa shape index (κ3) is 4.44. The molecular formula is C18H17N5O5S3. The minimum absolute atomic E-state index is 0.0451. The van der Waals surface area contributed by atoms with E-state index in [-0.39, 0.29) is 29.3 Å². The molecule has 2 aromatic rings. The normalized spacial score (nSPS) is 20.3. The molecule has 3 heterocycles. The van der Waals surface area contributed by atoms with E-state index in [2.05, 4.69) is 10.2 Å². The largest absolute Gasteiger partial charge is 0.456 e. The molecule has 31 heavy (non-hydrogen) atoms. The van der Waals surface area contributed by atoms with Gasteiger partial charge >= 0.3 is 5.97 Å². The van der Waals surface area contributed by atoms with Crippen LogP contribution in [0, 0.1) is 17.0 Å². The van der Waals surface area contributed by atoms with E-state index < -0.39 is 16.9 Å². The van der Waals surface area contributed by atoms with Crippen molar-refractivity contribution in [1.82, 2.24) is 15.1 Å². The molecule has 1 unspecified atom stereocenters. The summed E-state index contributed by atoms with van der Waals surface area (Å²) in [6.45, 7) is 1.80. The molecule has 4 rings (SSSR count). The summed E-state index contributed by atoms with van der Waals surface area (Å²) in [5.74, 6) is 0.0891. The van der Waals surface area contributed by atoms with Gasteiger partial charge in [-0.2, -0.15) is 0 Å². The van der Waals surface area contributed by atoms with E-state index in [0.29, 0.717) is 17.1 Å². The molecule has 2 aliphatic heterocycles. The highest BCUT2D eigenvalue weighted by molar-refractivity contribution is 8.01. The molecule has 0 bridgehead atoms. The number of hydrogen-bond acceptors (Lipinski definition) is 11. The summed E-state index contributed by atoms with van der Waals surface area (Å²) in [5.41, 5.74) is 7.45. The number of nitro groups is 1. The molecule has 13 heteroatoms. The first-order valence-corrected chi connectivity index (χ1v) is 12.0. The number of nitrogens with zero attached hydrogens (tertiary/aromatic N) is 4. The molecule has 1 aromatic heterocycles. The van der Waals surface area contributed by atoms with Crippen molar-refractivity contribution in [2.75, 3.05) is 11.5 Å². The molecule has 2 atom stereocenters. The number of esters is 1. The molecule has 0 spiro atoms. The van der Waals surface area contributed by atoms with Crippen LogP contribution in [0.3, 0.4) is 0 Å². The van der Waals surface area contributed by atoms with Crippen molar-refractivity contribution in [3.8, 4) is 0 Å². The zero-order valence-electron chi connectivity index (χ0n) is 16.2. The molecule has 1 saturated heterocycles. The monoisotopic (exact) mass is 479 g/mol. The fourth-order valence-electron chi connectivity index (χ4n) is 3.10. The van der Waals surface area contributed by atoms with Gasteiger partial charge in [0.25, 0.3) is 5.69 Å². The van der Waals surface area contributed by atoms with Crippen LogP contribution in [0.1, 0.15) is 10.6 Å². The highest BCUT2D eigenvalue weighted by Crippen LogP contribution is 2.41. The van der Waals surface area contributed by atoms with Crippen LogP contribution < -0.4 is 5.73 Å². The lowest BCUT2D eigenvalue weighted by atomic mass is 10.0. The van der Waals surface area contributed by atoms with Crippen molar-refractivity contribution in [3.63, 3.8) is 0 Å². The number of carbonyl (C=O) groups excluding carboxylic acids is 2. The van der Waals surface area contributed by atoms with Crippen molar-refractivity contribution in [1.29, 1.82) is 0 Å². The second-order valence-corrected chi connectivity index (χ2v) is 10.3. The summed E-state index contributed by atoms with van der Waals surface area (Å²) in [7, 11) is 0. The Labute approximate surface area is 189 Å². The fourth-order valence-corrected chi connectivity index (χ4v) is 6.34. The SMILES string of the molecule is Cc1nnc(SCC2=C(C(=O)OCc3ccc([N+](=O)[O-])cc3)N3C(=O)C(N)[C@H]3SC2)s1. The van der Waals surface area contributed by atoms with E-state index in [9.17, 15) is 19.7 Å². The van der Waals surface area contributed by atoms with E-state index in [4.69, 9.17) is 10.5 Å². The van der Waals surface area contributed by atoms with Crippen LogP contribution >= 0.6 is 34.9 Å². The minimum atomic E-state index is -0.637. The van der Waals surface area contributed by atoms with Gasteiger partial charge in [0.1, 0.15) is 28.7 Å². The predicted molar refractivity (Wildman–Crippen MR) is 116 cm³/mol. The number of thioether (sulfide) groups is 2. The first kappa shape index (κ1) is 21.7. The standard InChI is InChI=1S/C18H17N5O5S3/c1-9-20-21-18(31-9)30-8-11-7-29-16-13(19)15(24)22(16)14(11)17(25)28-6-10-2-4-12(5-3-10)23(26)27/h2-5,13,16H,6-8,19H2,1H3/t13?,16-/m1/s1. The van der Waals surface area contributed by atoms with Gasteiger partial charge in [-0.25, -0.2) is 4.79 Å². The maximum absolute atomic E-state index is 12.9. The zero-order valence-corrected chi connectivity index (χ0v) is 18.7. The molecule has 2 aliphatic rings. The van der Waals surface area contributed by atoms with Crippen LogP contribution in [0.25, 0.3) is 0 Å². The van der Waals surface area contributed by atoms with Gasteiger partial charge in [0.15, 0.2) is 4.34 Å². The Balaban J connectivity index is 1.50. The summed E-state index contributed by atoms with van der Waals surface area (Å²) in [6.07, 6.45) is 0. The van der Waals surface area contributed by atoms with Crippen LogP contribution in [0.15, 0.2) is 39.9 Å². The van der Waals surface area contributed by atoms with Crippen molar-refractivity contribution >= 4 is 52.4 Å². The number of carbonyl (C=O) groups is 2. The highest BCUT2D eigenvalue weighted by atomic mass is 32.2. The van der Waals surface area contributed by atoms with Crippen LogP contribution in [0.4, 0.5) is 5.69 Å². The average molecular weight is 480 g/mol. The number of non-ortho nitro benzene ring substituents is 1. The summed E-state index contributed by atoms with van der Waals surface area (Å²) in [5, 5.41) is 19.4. The number of β-lactam (4-membered cyclic amide) rings is 1. The number of fused-ring (bicyclic) bond motifs is 1. The van der Waals surface area contributed by atoms with Gasteiger partial charge < -0.3 is 10.5 Å². The molecule has 0 radical (unpaired) electrons. The number of benzene rings is 1. The Bertz CT molecular complexity index is 1070. The van der Waals surface area contributed by atoms with E-state index in [0.717, 1.165) is 14.9 Å². The van der Waals surface area contributed by atoms with Crippen LogP contribution in [-0.2, 0) is 20.9 Å². The highest BCUT2D eigenvalue weighted by Gasteiger charge is 2.52. The lowest BCUT2D eigenvalue weighted by molar-refractivity contribution is -0.384. The molecule has 1 aromatic carbocycles. The summed E-state index contributed by atoms with van der Waals surface area (Å²) >= 11 is 4.43. The summed E-state index contributed by atoms with van der Waals surface area (Å²) < 4.78 is 6.23. The maximum atomic E-state index is 12.9. The van der Waals surface area contributed by atoms with E-state index >= 15 is 0 Å². The van der Waals surface area contributed by atoms with E-state index in [1.165, 1.54) is 64.0 Å². The average Bonchev–Trinajstić information content (AvgIpc) is 3.20. The fraction of sp³-hybridized carbons (Fsp3) is 0.333. The van der Waals surface area contributed by atoms with Gasteiger partial charge in [0, 0.05) is 23.6 Å². The van der Waals surface area contributed by atoms with E-state index in [1.807, 2.05) is 6.92 Å². The Morgan fingerprint density at radius 2 is 2.13 bits per heavy atom. The van der Waals surface area contributed by atoms with Crippen molar-refractivity contribution in [2.24, 2.45) is 5.73 Å². The first-order valence-electron chi connectivity index (χ1n) is 9.11. The Morgan fingerprint density at radius 1 is 1.39 bits per heavy atom. The predicted octanol–water partition coefficient (Wildman–Crippen LogP) is 2.09. The number of ether oxygens (including phenoxy) is 1. The van der Waals surface area contributed by atoms with Crippen LogP contribution in [-0.4, -0.2) is 54.8 Å². The van der Waals surface area contributed by atoms with Gasteiger partial charge in [-0.15, -0.1) is 22.0 Å². The molecule has 1 fully saturated rings.